The van der Waals surface area contributed by atoms with Crippen LogP contribution in [0.4, 0.5) is 10.1 Å². The summed E-state index contributed by atoms with van der Waals surface area (Å²) in [6.45, 7) is 0.869. The fourth-order valence-corrected chi connectivity index (χ4v) is 2.35. The van der Waals surface area contributed by atoms with E-state index in [2.05, 4.69) is 10.6 Å². The predicted octanol–water partition coefficient (Wildman–Crippen LogP) is 2.70. The SMILES string of the molecule is Cl.Nc1ccccc1CCC(=O)NCCCNC(=O)c1cccc(F)c1. The van der Waals surface area contributed by atoms with Gasteiger partial charge in [-0.1, -0.05) is 24.3 Å². The fraction of sp³-hybridized carbons (Fsp3) is 0.263. The molecule has 2 aromatic carbocycles. The van der Waals surface area contributed by atoms with Crippen molar-refractivity contribution in [2.24, 2.45) is 0 Å². The molecule has 4 N–H and O–H groups in total. The smallest absolute Gasteiger partial charge is 0.251 e. The summed E-state index contributed by atoms with van der Waals surface area (Å²) in [4.78, 5) is 23.6. The van der Waals surface area contributed by atoms with E-state index in [1.165, 1.54) is 18.2 Å². The summed E-state index contributed by atoms with van der Waals surface area (Å²) < 4.78 is 13.0. The average molecular weight is 380 g/mol. The molecule has 2 aromatic rings. The Hall–Kier alpha value is -2.60. The van der Waals surface area contributed by atoms with Crippen LogP contribution in [0.15, 0.2) is 48.5 Å². The summed E-state index contributed by atoms with van der Waals surface area (Å²) in [6, 6.07) is 13.0. The summed E-state index contributed by atoms with van der Waals surface area (Å²) in [7, 11) is 0. The largest absolute Gasteiger partial charge is 0.399 e. The monoisotopic (exact) mass is 379 g/mol. The summed E-state index contributed by atoms with van der Waals surface area (Å²) in [5, 5.41) is 5.50. The molecule has 0 aliphatic heterocycles. The second-order valence-corrected chi connectivity index (χ2v) is 5.67. The van der Waals surface area contributed by atoms with Crippen molar-refractivity contribution >= 4 is 29.9 Å². The van der Waals surface area contributed by atoms with Gasteiger partial charge >= 0.3 is 0 Å². The lowest BCUT2D eigenvalue weighted by Gasteiger charge is -2.08. The molecule has 2 amide bonds. The van der Waals surface area contributed by atoms with Crippen LogP contribution >= 0.6 is 12.4 Å². The van der Waals surface area contributed by atoms with Crippen molar-refractivity contribution < 1.29 is 14.0 Å². The van der Waals surface area contributed by atoms with Gasteiger partial charge in [-0.15, -0.1) is 12.4 Å². The number of amides is 2. The maximum atomic E-state index is 13.0. The summed E-state index contributed by atoms with van der Waals surface area (Å²) >= 11 is 0. The van der Waals surface area contributed by atoms with E-state index in [1.54, 1.807) is 6.07 Å². The number of hydrogen-bond donors (Lipinski definition) is 3. The molecule has 5 nitrogen and oxygen atoms in total. The number of nitrogen functional groups attached to an aromatic ring is 1. The van der Waals surface area contributed by atoms with Gasteiger partial charge in [-0.2, -0.15) is 0 Å². The van der Waals surface area contributed by atoms with Crippen molar-refractivity contribution in [1.29, 1.82) is 0 Å². The van der Waals surface area contributed by atoms with Crippen molar-refractivity contribution in [1.82, 2.24) is 10.6 Å². The lowest BCUT2D eigenvalue weighted by atomic mass is 10.1. The number of hydrogen-bond acceptors (Lipinski definition) is 3. The number of halogens is 2. The highest BCUT2D eigenvalue weighted by atomic mass is 35.5. The third-order valence-corrected chi connectivity index (χ3v) is 3.72. The van der Waals surface area contributed by atoms with Crippen LogP contribution in [0.3, 0.4) is 0 Å². The number of para-hydroxylation sites is 1. The van der Waals surface area contributed by atoms with E-state index in [9.17, 15) is 14.0 Å². The molecule has 0 aliphatic carbocycles. The van der Waals surface area contributed by atoms with Crippen LogP contribution in [-0.2, 0) is 11.2 Å². The molecular weight excluding hydrogens is 357 g/mol. The number of carbonyl (C=O) groups is 2. The fourth-order valence-electron chi connectivity index (χ4n) is 2.35. The molecule has 0 spiro atoms. The minimum Gasteiger partial charge on any atom is -0.399 e. The van der Waals surface area contributed by atoms with E-state index < -0.39 is 5.82 Å². The van der Waals surface area contributed by atoms with Crippen LogP contribution in [0.2, 0.25) is 0 Å². The maximum Gasteiger partial charge on any atom is 0.251 e. The quantitative estimate of drug-likeness (QED) is 0.487. The number of nitrogens with one attached hydrogen (secondary N) is 2. The van der Waals surface area contributed by atoms with Crippen LogP contribution in [0, 0.1) is 5.82 Å². The molecule has 26 heavy (non-hydrogen) atoms. The lowest BCUT2D eigenvalue weighted by Crippen LogP contribution is -2.30. The molecule has 7 heteroatoms. The Morgan fingerprint density at radius 3 is 2.46 bits per heavy atom. The van der Waals surface area contributed by atoms with Crippen molar-refractivity contribution in [2.45, 2.75) is 19.3 Å². The van der Waals surface area contributed by atoms with Crippen LogP contribution in [-0.4, -0.2) is 24.9 Å². The van der Waals surface area contributed by atoms with Crippen molar-refractivity contribution in [3.05, 3.63) is 65.5 Å². The standard InChI is InChI=1S/C19H22FN3O2.ClH/c20-16-7-3-6-15(13-16)19(25)23-12-4-11-22-18(24)10-9-14-5-1-2-8-17(14)21;/h1-3,5-8,13H,4,9-12,21H2,(H,22,24)(H,23,25);1H. The second kappa shape index (κ2) is 11.1. The molecular formula is C19H23ClFN3O2. The van der Waals surface area contributed by atoms with Crippen molar-refractivity contribution in [3.8, 4) is 0 Å². The van der Waals surface area contributed by atoms with Gasteiger partial charge in [0.25, 0.3) is 5.91 Å². The third kappa shape index (κ3) is 7.11. The van der Waals surface area contributed by atoms with E-state index in [0.717, 1.165) is 5.56 Å². The molecule has 2 rings (SSSR count). The Balaban J connectivity index is 0.00000338. The van der Waals surface area contributed by atoms with Gasteiger partial charge in [-0.25, -0.2) is 4.39 Å². The first-order valence-electron chi connectivity index (χ1n) is 8.20. The van der Waals surface area contributed by atoms with E-state index in [-0.39, 0.29) is 29.8 Å². The Labute approximate surface area is 158 Å². The first-order chi connectivity index (χ1) is 12.1. The van der Waals surface area contributed by atoms with Gasteiger partial charge in [0.05, 0.1) is 0 Å². The number of nitrogens with two attached hydrogens (primary N) is 1. The molecule has 0 atom stereocenters. The van der Waals surface area contributed by atoms with Crippen LogP contribution in [0.5, 0.6) is 0 Å². The maximum absolute atomic E-state index is 13.0. The first-order valence-corrected chi connectivity index (χ1v) is 8.20. The van der Waals surface area contributed by atoms with Gasteiger partial charge in [-0.05, 0) is 42.7 Å². The Morgan fingerprint density at radius 1 is 1.00 bits per heavy atom. The van der Waals surface area contributed by atoms with Gasteiger partial charge in [0, 0.05) is 30.8 Å². The zero-order valence-electron chi connectivity index (χ0n) is 14.3. The van der Waals surface area contributed by atoms with Gasteiger partial charge in [0.15, 0.2) is 0 Å². The third-order valence-electron chi connectivity index (χ3n) is 3.72. The number of aryl methyl sites for hydroxylation is 1. The molecule has 0 fully saturated rings. The van der Waals surface area contributed by atoms with Crippen LogP contribution < -0.4 is 16.4 Å². The molecule has 0 heterocycles. The van der Waals surface area contributed by atoms with E-state index in [1.807, 2.05) is 24.3 Å². The van der Waals surface area contributed by atoms with E-state index in [4.69, 9.17) is 5.73 Å². The van der Waals surface area contributed by atoms with Gasteiger partial charge < -0.3 is 16.4 Å². The minimum atomic E-state index is -0.445. The molecule has 0 aliphatic rings. The first kappa shape index (κ1) is 21.4. The summed E-state index contributed by atoms with van der Waals surface area (Å²) in [5.74, 6) is -0.830. The van der Waals surface area contributed by atoms with Gasteiger partial charge in [0.2, 0.25) is 5.91 Å². The molecule has 0 saturated heterocycles. The summed E-state index contributed by atoms with van der Waals surface area (Å²) in [6.07, 6.45) is 1.55. The molecule has 140 valence electrons. The average Bonchev–Trinajstić information content (AvgIpc) is 2.60. The van der Waals surface area contributed by atoms with Gasteiger partial charge in [0.1, 0.15) is 5.82 Å². The predicted molar refractivity (Wildman–Crippen MR) is 103 cm³/mol. The molecule has 0 radical (unpaired) electrons. The highest BCUT2D eigenvalue weighted by Crippen LogP contribution is 2.12. The number of rotatable bonds is 8. The zero-order valence-corrected chi connectivity index (χ0v) is 15.2. The summed E-state index contributed by atoms with van der Waals surface area (Å²) in [5.41, 5.74) is 7.77. The van der Waals surface area contributed by atoms with Crippen molar-refractivity contribution in [2.75, 3.05) is 18.8 Å². The highest BCUT2D eigenvalue weighted by Gasteiger charge is 2.06. The van der Waals surface area contributed by atoms with Crippen LogP contribution in [0.1, 0.15) is 28.8 Å². The molecule has 0 aromatic heterocycles. The Bertz CT molecular complexity index is 740. The minimum absolute atomic E-state index is 0. The highest BCUT2D eigenvalue weighted by molar-refractivity contribution is 5.94. The van der Waals surface area contributed by atoms with Crippen molar-refractivity contribution in [3.63, 3.8) is 0 Å². The molecule has 0 saturated carbocycles. The molecule has 0 unspecified atom stereocenters. The Morgan fingerprint density at radius 2 is 1.73 bits per heavy atom. The zero-order chi connectivity index (χ0) is 18.1. The number of benzene rings is 2. The lowest BCUT2D eigenvalue weighted by molar-refractivity contribution is -0.121. The van der Waals surface area contributed by atoms with E-state index in [0.29, 0.717) is 38.0 Å². The normalized spacial score (nSPS) is 9.88. The second-order valence-electron chi connectivity index (χ2n) is 5.67. The number of anilines is 1. The van der Waals surface area contributed by atoms with Crippen LogP contribution in [0.25, 0.3) is 0 Å². The Kier molecular flexibility index (Phi) is 9.15. The van der Waals surface area contributed by atoms with E-state index >= 15 is 0 Å². The number of carbonyl (C=O) groups excluding carboxylic acids is 2. The molecule has 0 bridgehead atoms. The topological polar surface area (TPSA) is 84.2 Å². The van der Waals surface area contributed by atoms with Gasteiger partial charge in [-0.3, -0.25) is 9.59 Å².